The van der Waals surface area contributed by atoms with Gasteiger partial charge in [0.1, 0.15) is 28.6 Å². The standard InChI is InChI=1S/C37H42N2O10/c1-3-5-21-44-29-15-11-27(12-16-29)35(41)48-31-19-20-33(49-36(42)28-13-17-30(18-14-28)45-22-6-4-2)32(25-31)37(43)47-24-10-8-7-9-23-46-34(40)26-39-38/h11-20,25-26H,3-10,21-24H2,1-2H3. The normalized spacial score (nSPS) is 10.3. The number of ether oxygens (including phenoxy) is 6. The fourth-order valence-corrected chi connectivity index (χ4v) is 4.25. The molecule has 0 saturated heterocycles. The molecule has 0 amide bonds. The summed E-state index contributed by atoms with van der Waals surface area (Å²) in [6.45, 7) is 5.51. The minimum Gasteiger partial charge on any atom is -0.494 e. The van der Waals surface area contributed by atoms with Crippen LogP contribution in [0.25, 0.3) is 5.53 Å². The van der Waals surface area contributed by atoms with Crippen LogP contribution in [0.15, 0.2) is 66.7 Å². The molecule has 49 heavy (non-hydrogen) atoms. The molecule has 0 bridgehead atoms. The van der Waals surface area contributed by atoms with Crippen LogP contribution in [0.2, 0.25) is 0 Å². The molecule has 260 valence electrons. The van der Waals surface area contributed by atoms with Gasteiger partial charge in [-0.3, -0.25) is 0 Å². The Hall–Kier alpha value is -5.48. The molecule has 0 aliphatic rings. The summed E-state index contributed by atoms with van der Waals surface area (Å²) in [6.07, 6.45) is 6.97. The van der Waals surface area contributed by atoms with E-state index in [1.54, 1.807) is 48.5 Å². The molecule has 12 heteroatoms. The molecule has 12 nitrogen and oxygen atoms in total. The Balaban J connectivity index is 1.66. The van der Waals surface area contributed by atoms with Gasteiger partial charge >= 0.3 is 30.1 Å². The molecule has 3 aromatic carbocycles. The van der Waals surface area contributed by atoms with Gasteiger partial charge in [0.05, 0.1) is 37.6 Å². The fraction of sp³-hybridized carbons (Fsp3) is 0.378. The predicted octanol–water partition coefficient (Wildman–Crippen LogP) is 7.04. The van der Waals surface area contributed by atoms with Crippen molar-refractivity contribution in [2.24, 2.45) is 0 Å². The zero-order valence-corrected chi connectivity index (χ0v) is 27.9. The van der Waals surface area contributed by atoms with E-state index in [4.69, 9.17) is 34.0 Å². The van der Waals surface area contributed by atoms with Crippen molar-refractivity contribution in [2.75, 3.05) is 26.4 Å². The van der Waals surface area contributed by atoms with Crippen LogP contribution >= 0.6 is 0 Å². The minimum atomic E-state index is -0.772. The van der Waals surface area contributed by atoms with E-state index in [9.17, 15) is 19.2 Å². The van der Waals surface area contributed by atoms with E-state index >= 15 is 0 Å². The molecule has 3 rings (SSSR count). The first-order chi connectivity index (χ1) is 23.8. The van der Waals surface area contributed by atoms with Gasteiger partial charge in [0.25, 0.3) is 0 Å². The molecule has 0 N–H and O–H groups in total. The number of rotatable bonds is 21. The first-order valence-corrected chi connectivity index (χ1v) is 16.4. The Morgan fingerprint density at radius 1 is 0.592 bits per heavy atom. The SMILES string of the molecule is CCCCOc1ccc(C(=O)Oc2ccc(OC(=O)c3ccc(OCCCC)cc3)c(C(=O)OCCCCCCOC(=O)C=[N+]=[N-])c2)cc1. The van der Waals surface area contributed by atoms with E-state index in [1.807, 2.05) is 0 Å². The van der Waals surface area contributed by atoms with Crippen LogP contribution in [0, 0.1) is 0 Å². The molecule has 0 aliphatic carbocycles. The summed E-state index contributed by atoms with van der Waals surface area (Å²) < 4.78 is 32.7. The molecule has 0 fully saturated rings. The Kier molecular flexibility index (Phi) is 16.6. The van der Waals surface area contributed by atoms with Gasteiger partial charge in [-0.05, 0) is 105 Å². The van der Waals surface area contributed by atoms with Crippen LogP contribution in [0.1, 0.15) is 96.3 Å². The minimum absolute atomic E-state index is 0.0504. The maximum atomic E-state index is 13.2. The topological polar surface area (TPSA) is 160 Å². The van der Waals surface area contributed by atoms with Gasteiger partial charge in [-0.25, -0.2) is 19.2 Å². The molecule has 0 saturated carbocycles. The maximum absolute atomic E-state index is 13.2. The maximum Gasteiger partial charge on any atom is 0.413 e. The van der Waals surface area contributed by atoms with Gasteiger partial charge < -0.3 is 34.0 Å². The Bertz CT molecular complexity index is 1570. The number of carbonyl (C=O) groups excluding carboxylic acids is 4. The summed E-state index contributed by atoms with van der Waals surface area (Å²) >= 11 is 0. The molecule has 0 atom stereocenters. The highest BCUT2D eigenvalue weighted by molar-refractivity contribution is 6.20. The van der Waals surface area contributed by atoms with Crippen LogP contribution < -0.4 is 18.9 Å². The first-order valence-electron chi connectivity index (χ1n) is 16.4. The third kappa shape index (κ3) is 13.6. The van der Waals surface area contributed by atoms with E-state index in [0.29, 0.717) is 56.6 Å². The zero-order chi connectivity index (χ0) is 35.3. The van der Waals surface area contributed by atoms with E-state index < -0.39 is 23.9 Å². The second-order valence-electron chi connectivity index (χ2n) is 10.9. The van der Waals surface area contributed by atoms with Crippen LogP contribution in [0.3, 0.4) is 0 Å². The molecular formula is C37H42N2O10. The van der Waals surface area contributed by atoms with Crippen molar-refractivity contribution in [3.63, 3.8) is 0 Å². The third-order valence-corrected chi connectivity index (χ3v) is 6.98. The summed E-state index contributed by atoms with van der Waals surface area (Å²) in [4.78, 5) is 52.9. The molecule has 0 aromatic heterocycles. The van der Waals surface area contributed by atoms with Gasteiger partial charge in [-0.15, -0.1) is 0 Å². The van der Waals surface area contributed by atoms with Crippen molar-refractivity contribution in [1.29, 1.82) is 0 Å². The molecular weight excluding hydrogens is 632 g/mol. The van der Waals surface area contributed by atoms with Gasteiger partial charge in [0.2, 0.25) is 0 Å². The van der Waals surface area contributed by atoms with E-state index in [2.05, 4.69) is 18.6 Å². The summed E-state index contributed by atoms with van der Waals surface area (Å²) in [6, 6.07) is 17.1. The summed E-state index contributed by atoms with van der Waals surface area (Å²) in [5.41, 5.74) is 8.75. The molecule has 0 heterocycles. The lowest BCUT2D eigenvalue weighted by atomic mass is 10.1. The van der Waals surface area contributed by atoms with Crippen molar-refractivity contribution in [1.82, 2.24) is 0 Å². The smallest absolute Gasteiger partial charge is 0.413 e. The van der Waals surface area contributed by atoms with Crippen LogP contribution in [-0.2, 0) is 14.3 Å². The van der Waals surface area contributed by atoms with Crippen molar-refractivity contribution >= 4 is 30.1 Å². The average molecular weight is 675 g/mol. The number of unbranched alkanes of at least 4 members (excludes halogenated alkanes) is 5. The van der Waals surface area contributed by atoms with Crippen molar-refractivity contribution in [3.05, 3.63) is 89.0 Å². The Labute approximate surface area is 285 Å². The van der Waals surface area contributed by atoms with Crippen LogP contribution in [-0.4, -0.2) is 61.3 Å². The van der Waals surface area contributed by atoms with Crippen molar-refractivity contribution in [2.45, 2.75) is 65.2 Å². The van der Waals surface area contributed by atoms with Crippen LogP contribution in [0.4, 0.5) is 0 Å². The lowest BCUT2D eigenvalue weighted by Crippen LogP contribution is -2.15. The van der Waals surface area contributed by atoms with Crippen molar-refractivity contribution in [3.8, 4) is 23.0 Å². The van der Waals surface area contributed by atoms with E-state index in [-0.39, 0.29) is 41.4 Å². The number of esters is 4. The number of benzene rings is 3. The lowest BCUT2D eigenvalue weighted by Gasteiger charge is -2.13. The molecule has 0 radical (unpaired) electrons. The Morgan fingerprint density at radius 2 is 1.10 bits per heavy atom. The molecule has 0 aliphatic heterocycles. The highest BCUT2D eigenvalue weighted by atomic mass is 16.6. The third-order valence-electron chi connectivity index (χ3n) is 6.98. The second-order valence-corrected chi connectivity index (χ2v) is 10.9. The van der Waals surface area contributed by atoms with E-state index in [0.717, 1.165) is 25.7 Å². The monoisotopic (exact) mass is 674 g/mol. The summed E-state index contributed by atoms with van der Waals surface area (Å²) in [5.74, 6) is -1.63. The van der Waals surface area contributed by atoms with Gasteiger partial charge in [-0.2, -0.15) is 4.79 Å². The summed E-state index contributed by atoms with van der Waals surface area (Å²) in [5, 5.41) is 0. The first kappa shape index (κ1) is 38.0. The largest absolute Gasteiger partial charge is 0.494 e. The quantitative estimate of drug-likeness (QED) is 0.0286. The zero-order valence-electron chi connectivity index (χ0n) is 27.9. The highest BCUT2D eigenvalue weighted by Gasteiger charge is 2.21. The number of carbonyl (C=O) groups is 4. The summed E-state index contributed by atoms with van der Waals surface area (Å²) in [7, 11) is 0. The fourth-order valence-electron chi connectivity index (χ4n) is 4.25. The van der Waals surface area contributed by atoms with Gasteiger partial charge in [0.15, 0.2) is 0 Å². The van der Waals surface area contributed by atoms with Crippen LogP contribution in [0.5, 0.6) is 23.0 Å². The lowest BCUT2D eigenvalue weighted by molar-refractivity contribution is -0.139. The molecule has 0 spiro atoms. The second kappa shape index (κ2) is 21.4. The average Bonchev–Trinajstić information content (AvgIpc) is 3.10. The van der Waals surface area contributed by atoms with Gasteiger partial charge in [-0.1, -0.05) is 26.7 Å². The number of hydrogen-bond acceptors (Lipinski definition) is 10. The van der Waals surface area contributed by atoms with Gasteiger partial charge in [0, 0.05) is 0 Å². The predicted molar refractivity (Wildman–Crippen MR) is 179 cm³/mol. The molecule has 0 unspecified atom stereocenters. The van der Waals surface area contributed by atoms with E-state index in [1.165, 1.54) is 18.2 Å². The number of hydrogen-bond donors (Lipinski definition) is 0. The number of nitrogens with zero attached hydrogens (tertiary/aromatic N) is 2. The van der Waals surface area contributed by atoms with Crippen molar-refractivity contribution < 1.29 is 52.4 Å². The molecule has 3 aromatic rings. The highest BCUT2D eigenvalue weighted by Crippen LogP contribution is 2.28. The Morgan fingerprint density at radius 3 is 1.63 bits per heavy atom.